The summed E-state index contributed by atoms with van der Waals surface area (Å²) in [5.41, 5.74) is 1.90. The predicted octanol–water partition coefficient (Wildman–Crippen LogP) is 8.35. The van der Waals surface area contributed by atoms with Crippen LogP contribution in [0.3, 0.4) is 0 Å². The molecule has 2 unspecified atom stereocenters. The summed E-state index contributed by atoms with van der Waals surface area (Å²) in [6.45, 7) is 0.698. The van der Waals surface area contributed by atoms with Crippen LogP contribution in [0.5, 0.6) is 5.75 Å². The number of aliphatic hydroxyl groups is 1. The molecule has 194 valence electrons. The van der Waals surface area contributed by atoms with Gasteiger partial charge < -0.3 is 14.7 Å². The lowest BCUT2D eigenvalue weighted by molar-refractivity contribution is 0.00566. The summed E-state index contributed by atoms with van der Waals surface area (Å²) in [7, 11) is 4.08. The van der Waals surface area contributed by atoms with Crippen molar-refractivity contribution < 1.29 is 9.84 Å². The van der Waals surface area contributed by atoms with E-state index >= 15 is 0 Å². The molecule has 0 spiro atoms. The summed E-state index contributed by atoms with van der Waals surface area (Å²) in [6, 6.07) is 34.7. The van der Waals surface area contributed by atoms with Crippen molar-refractivity contribution in [1.82, 2.24) is 4.90 Å². The van der Waals surface area contributed by atoms with Gasteiger partial charge in [-0.25, -0.2) is 0 Å². The Morgan fingerprint density at radius 2 is 1.45 bits per heavy atom. The largest absolute Gasteiger partial charge is 0.482 e. The number of nitrogens with zero attached hydrogens (tertiary/aromatic N) is 1. The summed E-state index contributed by atoms with van der Waals surface area (Å²) in [5, 5.41) is 18.1. The summed E-state index contributed by atoms with van der Waals surface area (Å²) >= 11 is 9.82. The van der Waals surface area contributed by atoms with E-state index in [0.29, 0.717) is 23.5 Å². The normalized spacial score (nSPS) is 14.1. The average Bonchev–Trinajstić information content (AvgIpc) is 2.94. The molecule has 0 radical (unpaired) electrons. The summed E-state index contributed by atoms with van der Waals surface area (Å²) < 4.78 is 6.18. The smallest absolute Gasteiger partial charge is 0.143 e. The van der Waals surface area contributed by atoms with Gasteiger partial charge in [0.25, 0.3) is 0 Å². The fourth-order valence-electron chi connectivity index (χ4n) is 5.53. The molecule has 5 aromatic carbocycles. The third-order valence-electron chi connectivity index (χ3n) is 7.31. The van der Waals surface area contributed by atoms with Crippen molar-refractivity contribution in [2.45, 2.75) is 17.9 Å². The maximum Gasteiger partial charge on any atom is 0.143 e. The van der Waals surface area contributed by atoms with Crippen LogP contribution in [-0.4, -0.2) is 36.2 Å². The van der Waals surface area contributed by atoms with Crippen LogP contribution >= 0.6 is 27.5 Å². The van der Waals surface area contributed by atoms with Crippen molar-refractivity contribution in [3.8, 4) is 5.75 Å². The molecule has 3 nitrogen and oxygen atoms in total. The van der Waals surface area contributed by atoms with Gasteiger partial charge >= 0.3 is 0 Å². The maximum absolute atomic E-state index is 13.2. The van der Waals surface area contributed by atoms with Gasteiger partial charge in [0.2, 0.25) is 0 Å². The highest BCUT2D eigenvalue weighted by Gasteiger charge is 2.43. The van der Waals surface area contributed by atoms with Crippen molar-refractivity contribution in [2.75, 3.05) is 26.2 Å². The fraction of sp³-hybridized carbons (Fsp3) is 0.212. The molecule has 0 aromatic heterocycles. The van der Waals surface area contributed by atoms with Crippen LogP contribution in [0.15, 0.2) is 103 Å². The second-order valence-corrected chi connectivity index (χ2v) is 10.8. The van der Waals surface area contributed by atoms with E-state index in [0.717, 1.165) is 44.0 Å². The summed E-state index contributed by atoms with van der Waals surface area (Å²) in [5.74, 6) is 0.301. The van der Waals surface area contributed by atoms with Crippen molar-refractivity contribution in [2.24, 2.45) is 0 Å². The first-order valence-corrected chi connectivity index (χ1v) is 14.2. The molecule has 2 atom stereocenters. The van der Waals surface area contributed by atoms with Crippen molar-refractivity contribution >= 4 is 49.1 Å². The first kappa shape index (κ1) is 26.7. The second-order valence-electron chi connectivity index (χ2n) is 9.94. The molecule has 5 aromatic rings. The predicted molar refractivity (Wildman–Crippen MR) is 163 cm³/mol. The quantitative estimate of drug-likeness (QED) is 0.176. The van der Waals surface area contributed by atoms with Crippen molar-refractivity contribution in [1.29, 1.82) is 0 Å². The highest BCUT2D eigenvalue weighted by molar-refractivity contribution is 9.09. The SMILES string of the molecule is CN(C)CCC(O)(c1cccc2ccccc12)C(c1ccc(Cl)cc1)c1c(OCBr)ccc2ccccc12. The number of alkyl halides is 1. The summed E-state index contributed by atoms with van der Waals surface area (Å²) in [4.78, 5) is 2.12. The lowest BCUT2D eigenvalue weighted by Gasteiger charge is -2.40. The van der Waals surface area contributed by atoms with Gasteiger partial charge in [-0.15, -0.1) is 0 Å². The molecule has 0 amide bonds. The minimum atomic E-state index is -1.27. The molecule has 0 fully saturated rings. The molecule has 1 N–H and O–H groups in total. The van der Waals surface area contributed by atoms with Gasteiger partial charge in [-0.2, -0.15) is 0 Å². The van der Waals surface area contributed by atoms with Crippen LogP contribution in [-0.2, 0) is 5.60 Å². The van der Waals surface area contributed by atoms with E-state index in [1.165, 1.54) is 0 Å². The van der Waals surface area contributed by atoms with E-state index < -0.39 is 11.5 Å². The van der Waals surface area contributed by atoms with E-state index in [9.17, 15) is 5.11 Å². The van der Waals surface area contributed by atoms with Gasteiger partial charge in [0, 0.05) is 23.0 Å². The number of halogens is 2. The zero-order chi connectivity index (χ0) is 26.7. The number of hydrogen-bond acceptors (Lipinski definition) is 3. The maximum atomic E-state index is 13.2. The first-order chi connectivity index (χ1) is 18.4. The number of fused-ring (bicyclic) bond motifs is 2. The highest BCUT2D eigenvalue weighted by atomic mass is 79.9. The molecule has 0 aliphatic rings. The Morgan fingerprint density at radius 3 is 2.13 bits per heavy atom. The Hall–Kier alpha value is -2.89. The average molecular weight is 589 g/mol. The molecular weight excluding hydrogens is 558 g/mol. The first-order valence-electron chi connectivity index (χ1n) is 12.7. The standard InChI is InChI=1S/C33H31BrClNO2/c1-36(2)21-20-33(37,29-13-7-10-23-8-3-5-11-27(23)29)32(25-14-17-26(35)18-15-25)31-28-12-6-4-9-24(28)16-19-30(31)38-22-34/h3-19,32,37H,20-22H2,1-2H3. The number of hydrogen-bond donors (Lipinski definition) is 1. The van der Waals surface area contributed by atoms with Gasteiger partial charge in [-0.05, 0) is 87.3 Å². The van der Waals surface area contributed by atoms with Crippen LogP contribution in [0.4, 0.5) is 0 Å². The number of benzene rings is 5. The molecule has 0 bridgehead atoms. The van der Waals surface area contributed by atoms with E-state index in [-0.39, 0.29) is 0 Å². The minimum absolute atomic E-state index is 0.343. The van der Waals surface area contributed by atoms with Gasteiger partial charge in [0.1, 0.15) is 16.9 Å². The Bertz CT molecular complexity index is 1550. The molecule has 38 heavy (non-hydrogen) atoms. The highest BCUT2D eigenvalue weighted by Crippen LogP contribution is 2.51. The van der Waals surface area contributed by atoms with Crippen LogP contribution < -0.4 is 4.74 Å². The Morgan fingerprint density at radius 1 is 0.816 bits per heavy atom. The van der Waals surface area contributed by atoms with Crippen LogP contribution in [0.1, 0.15) is 29.0 Å². The molecule has 5 heteroatoms. The Labute approximate surface area is 237 Å². The zero-order valence-electron chi connectivity index (χ0n) is 21.6. The van der Waals surface area contributed by atoms with E-state index in [1.54, 1.807) is 0 Å². The van der Waals surface area contributed by atoms with Gasteiger partial charge in [0.05, 0.1) is 0 Å². The Kier molecular flexibility index (Phi) is 8.06. The molecule has 0 aliphatic carbocycles. The minimum Gasteiger partial charge on any atom is -0.482 e. The third kappa shape index (κ3) is 5.19. The lowest BCUT2D eigenvalue weighted by atomic mass is 9.69. The third-order valence-corrected chi connectivity index (χ3v) is 7.79. The monoisotopic (exact) mass is 587 g/mol. The van der Waals surface area contributed by atoms with Gasteiger partial charge in [-0.3, -0.25) is 0 Å². The van der Waals surface area contributed by atoms with Crippen LogP contribution in [0, 0.1) is 0 Å². The fourth-order valence-corrected chi connectivity index (χ4v) is 5.90. The van der Waals surface area contributed by atoms with Crippen LogP contribution in [0.2, 0.25) is 5.02 Å². The second kappa shape index (κ2) is 11.5. The molecule has 0 heterocycles. The van der Waals surface area contributed by atoms with Gasteiger partial charge in [0.15, 0.2) is 0 Å². The molecule has 0 aliphatic heterocycles. The molecule has 5 rings (SSSR count). The lowest BCUT2D eigenvalue weighted by Crippen LogP contribution is -2.38. The topological polar surface area (TPSA) is 32.7 Å². The van der Waals surface area contributed by atoms with Crippen LogP contribution in [0.25, 0.3) is 21.5 Å². The molecular formula is C33H31BrClNO2. The van der Waals surface area contributed by atoms with E-state index in [2.05, 4.69) is 63.3 Å². The zero-order valence-corrected chi connectivity index (χ0v) is 23.9. The summed E-state index contributed by atoms with van der Waals surface area (Å²) in [6.07, 6.45) is 0.512. The number of ether oxygens (including phenoxy) is 1. The van der Waals surface area contributed by atoms with Gasteiger partial charge in [-0.1, -0.05) is 96.5 Å². The van der Waals surface area contributed by atoms with Crippen molar-refractivity contribution in [3.63, 3.8) is 0 Å². The molecule has 0 saturated heterocycles. The van der Waals surface area contributed by atoms with E-state index in [4.69, 9.17) is 16.3 Å². The molecule has 0 saturated carbocycles. The van der Waals surface area contributed by atoms with Crippen molar-refractivity contribution in [3.05, 3.63) is 125 Å². The number of rotatable bonds is 9. The Balaban J connectivity index is 1.88. The van der Waals surface area contributed by atoms with E-state index in [1.807, 2.05) is 74.8 Å².